The molecule has 1 aromatic carbocycles. The highest BCUT2D eigenvalue weighted by molar-refractivity contribution is 5.68. The van der Waals surface area contributed by atoms with Crippen LogP contribution in [-0.2, 0) is 4.79 Å². The summed E-state index contributed by atoms with van der Waals surface area (Å²) in [5.74, 6) is 0.0922. The molecule has 1 N–H and O–H groups in total. The Morgan fingerprint density at radius 3 is 2.67 bits per heavy atom. The monoisotopic (exact) mass is 250 g/mol. The number of carboxylic acid groups (broad SMARTS) is 1. The van der Waals surface area contributed by atoms with Crippen molar-refractivity contribution in [3.05, 3.63) is 29.3 Å². The molecule has 0 aliphatic heterocycles. The fourth-order valence-corrected chi connectivity index (χ4v) is 2.02. The van der Waals surface area contributed by atoms with Gasteiger partial charge in [0.15, 0.2) is 0 Å². The number of carbonyl (C=O) groups is 1. The summed E-state index contributed by atoms with van der Waals surface area (Å²) in [7, 11) is 0. The molecule has 100 valence electrons. The van der Waals surface area contributed by atoms with E-state index in [1.165, 1.54) is 0 Å². The van der Waals surface area contributed by atoms with Crippen LogP contribution >= 0.6 is 0 Å². The van der Waals surface area contributed by atoms with Crippen LogP contribution in [-0.4, -0.2) is 17.7 Å². The first-order valence-electron chi connectivity index (χ1n) is 6.53. The van der Waals surface area contributed by atoms with Gasteiger partial charge in [0.1, 0.15) is 5.75 Å². The van der Waals surface area contributed by atoms with E-state index in [0.29, 0.717) is 6.61 Å². The van der Waals surface area contributed by atoms with Crippen LogP contribution in [0, 0.1) is 6.92 Å². The van der Waals surface area contributed by atoms with Crippen molar-refractivity contribution in [2.45, 2.75) is 46.0 Å². The van der Waals surface area contributed by atoms with Crippen molar-refractivity contribution in [3.8, 4) is 5.75 Å². The van der Waals surface area contributed by atoms with Gasteiger partial charge in [-0.25, -0.2) is 0 Å². The fraction of sp³-hybridized carbons (Fsp3) is 0.533. The summed E-state index contributed by atoms with van der Waals surface area (Å²) in [6, 6.07) is 5.99. The van der Waals surface area contributed by atoms with E-state index in [-0.39, 0.29) is 12.3 Å². The maximum absolute atomic E-state index is 10.9. The molecule has 3 heteroatoms. The molecule has 0 radical (unpaired) electrons. The predicted molar refractivity (Wildman–Crippen MR) is 72.2 cm³/mol. The van der Waals surface area contributed by atoms with Crippen LogP contribution in [0.5, 0.6) is 5.75 Å². The molecule has 0 amide bonds. The normalized spacial score (nSPS) is 12.2. The van der Waals surface area contributed by atoms with E-state index in [4.69, 9.17) is 9.84 Å². The van der Waals surface area contributed by atoms with Crippen LogP contribution in [0.4, 0.5) is 0 Å². The summed E-state index contributed by atoms with van der Waals surface area (Å²) < 4.78 is 5.71. The van der Waals surface area contributed by atoms with Crippen molar-refractivity contribution in [3.63, 3.8) is 0 Å². The lowest BCUT2D eigenvalue weighted by molar-refractivity contribution is -0.137. The Morgan fingerprint density at radius 2 is 2.11 bits per heavy atom. The Hall–Kier alpha value is -1.51. The third-order valence-corrected chi connectivity index (χ3v) is 2.98. The van der Waals surface area contributed by atoms with Gasteiger partial charge in [0, 0.05) is 0 Å². The Labute approximate surface area is 109 Å². The quantitative estimate of drug-likeness (QED) is 0.801. The van der Waals surface area contributed by atoms with Crippen LogP contribution < -0.4 is 4.74 Å². The van der Waals surface area contributed by atoms with Crippen molar-refractivity contribution in [2.24, 2.45) is 0 Å². The molecule has 0 aromatic heterocycles. The van der Waals surface area contributed by atoms with Gasteiger partial charge >= 0.3 is 5.97 Å². The Morgan fingerprint density at radius 1 is 1.39 bits per heavy atom. The highest BCUT2D eigenvalue weighted by Crippen LogP contribution is 2.32. The summed E-state index contributed by atoms with van der Waals surface area (Å²) in [4.78, 5) is 10.9. The number of ether oxygens (including phenoxy) is 1. The van der Waals surface area contributed by atoms with Crippen molar-refractivity contribution >= 4 is 5.97 Å². The van der Waals surface area contributed by atoms with Crippen LogP contribution in [0.15, 0.2) is 18.2 Å². The molecule has 1 atom stereocenters. The summed E-state index contributed by atoms with van der Waals surface area (Å²) in [6.45, 7) is 6.75. The lowest BCUT2D eigenvalue weighted by Gasteiger charge is -2.18. The van der Waals surface area contributed by atoms with E-state index in [9.17, 15) is 4.79 Å². The Balaban J connectivity index is 3.01. The van der Waals surface area contributed by atoms with Gasteiger partial charge in [-0.05, 0) is 37.3 Å². The second kappa shape index (κ2) is 7.04. The summed E-state index contributed by atoms with van der Waals surface area (Å²) >= 11 is 0. The zero-order valence-electron chi connectivity index (χ0n) is 11.4. The minimum Gasteiger partial charge on any atom is -0.493 e. The van der Waals surface area contributed by atoms with E-state index in [1.807, 2.05) is 32.0 Å². The first-order valence-corrected chi connectivity index (χ1v) is 6.53. The van der Waals surface area contributed by atoms with E-state index in [2.05, 4.69) is 6.92 Å². The SMILES string of the molecule is CCCOc1ccc(C)cc1C(CC)CC(=O)O. The molecule has 0 saturated carbocycles. The zero-order valence-corrected chi connectivity index (χ0v) is 11.4. The van der Waals surface area contributed by atoms with Crippen molar-refractivity contribution < 1.29 is 14.6 Å². The van der Waals surface area contributed by atoms with Gasteiger partial charge < -0.3 is 9.84 Å². The average molecular weight is 250 g/mol. The number of rotatable bonds is 7. The molecule has 0 bridgehead atoms. The van der Waals surface area contributed by atoms with Gasteiger partial charge in [0.25, 0.3) is 0 Å². The van der Waals surface area contributed by atoms with E-state index < -0.39 is 5.97 Å². The topological polar surface area (TPSA) is 46.5 Å². The maximum Gasteiger partial charge on any atom is 0.303 e. The minimum absolute atomic E-state index is 0.0225. The lowest BCUT2D eigenvalue weighted by atomic mass is 9.91. The van der Waals surface area contributed by atoms with Crippen LogP contribution in [0.25, 0.3) is 0 Å². The predicted octanol–water partition coefficient (Wildman–Crippen LogP) is 3.75. The number of hydrogen-bond acceptors (Lipinski definition) is 2. The van der Waals surface area contributed by atoms with Crippen LogP contribution in [0.3, 0.4) is 0 Å². The number of aliphatic carboxylic acids is 1. The molecule has 0 fully saturated rings. The van der Waals surface area contributed by atoms with E-state index in [1.54, 1.807) is 0 Å². The largest absolute Gasteiger partial charge is 0.493 e. The number of carboxylic acids is 1. The first-order chi connectivity index (χ1) is 8.58. The number of hydrogen-bond donors (Lipinski definition) is 1. The maximum atomic E-state index is 10.9. The van der Waals surface area contributed by atoms with E-state index >= 15 is 0 Å². The summed E-state index contributed by atoms with van der Waals surface area (Å²) in [5.41, 5.74) is 2.16. The van der Waals surface area contributed by atoms with Crippen LogP contribution in [0.2, 0.25) is 0 Å². The highest BCUT2D eigenvalue weighted by atomic mass is 16.5. The smallest absolute Gasteiger partial charge is 0.303 e. The summed E-state index contributed by atoms with van der Waals surface area (Å²) in [6.07, 6.45) is 1.91. The standard InChI is InChI=1S/C15H22O3/c1-4-8-18-14-7-6-11(3)9-13(14)12(5-2)10-15(16)17/h6-7,9,12H,4-5,8,10H2,1-3H3,(H,16,17). The van der Waals surface area contributed by atoms with Crippen molar-refractivity contribution in [2.75, 3.05) is 6.61 Å². The van der Waals surface area contributed by atoms with Gasteiger partial charge in [-0.3, -0.25) is 4.79 Å². The average Bonchev–Trinajstić information content (AvgIpc) is 2.34. The third-order valence-electron chi connectivity index (χ3n) is 2.98. The molecule has 1 unspecified atom stereocenters. The molecule has 0 aliphatic rings. The molecule has 0 saturated heterocycles. The van der Waals surface area contributed by atoms with Gasteiger partial charge in [-0.15, -0.1) is 0 Å². The third kappa shape index (κ3) is 4.06. The molecule has 0 heterocycles. The molecule has 0 spiro atoms. The van der Waals surface area contributed by atoms with Gasteiger partial charge in [0.2, 0.25) is 0 Å². The molecular formula is C15H22O3. The molecule has 1 aromatic rings. The Bertz CT molecular complexity index is 399. The van der Waals surface area contributed by atoms with Gasteiger partial charge in [-0.2, -0.15) is 0 Å². The molecular weight excluding hydrogens is 228 g/mol. The second-order valence-corrected chi connectivity index (χ2v) is 4.59. The highest BCUT2D eigenvalue weighted by Gasteiger charge is 2.18. The van der Waals surface area contributed by atoms with Crippen molar-refractivity contribution in [1.82, 2.24) is 0 Å². The van der Waals surface area contributed by atoms with Crippen molar-refractivity contribution in [1.29, 1.82) is 0 Å². The zero-order chi connectivity index (χ0) is 13.5. The second-order valence-electron chi connectivity index (χ2n) is 4.59. The first kappa shape index (κ1) is 14.6. The fourth-order valence-electron chi connectivity index (χ4n) is 2.02. The minimum atomic E-state index is -0.759. The molecule has 3 nitrogen and oxygen atoms in total. The number of benzene rings is 1. The van der Waals surface area contributed by atoms with E-state index in [0.717, 1.165) is 29.7 Å². The Kier molecular flexibility index (Phi) is 5.69. The molecule has 0 aliphatic carbocycles. The lowest BCUT2D eigenvalue weighted by Crippen LogP contribution is -2.08. The molecule has 1 rings (SSSR count). The summed E-state index contributed by atoms with van der Waals surface area (Å²) in [5, 5.41) is 8.97. The molecule has 18 heavy (non-hydrogen) atoms. The number of aryl methyl sites for hydroxylation is 1. The van der Waals surface area contributed by atoms with Gasteiger partial charge in [-0.1, -0.05) is 31.5 Å². The van der Waals surface area contributed by atoms with Gasteiger partial charge in [0.05, 0.1) is 13.0 Å². The van der Waals surface area contributed by atoms with Crippen LogP contribution in [0.1, 0.15) is 50.2 Å².